The molecule has 2 heterocycles. The van der Waals surface area contributed by atoms with Gasteiger partial charge in [0.15, 0.2) is 0 Å². The lowest BCUT2D eigenvalue weighted by atomic mass is 10.1. The third-order valence-electron chi connectivity index (χ3n) is 3.30. The van der Waals surface area contributed by atoms with Crippen LogP contribution in [0.1, 0.15) is 20.3 Å². The maximum atomic E-state index is 5.07. The van der Waals surface area contributed by atoms with Crippen molar-refractivity contribution in [2.45, 2.75) is 32.4 Å². The summed E-state index contributed by atoms with van der Waals surface area (Å²) in [7, 11) is 1.72. The molecule has 1 aromatic rings. The average molecular weight is 252 g/mol. The van der Waals surface area contributed by atoms with Crippen LogP contribution in [0.15, 0.2) is 12.4 Å². The number of hydrogen-bond donors (Lipinski definition) is 1. The Labute approximate surface area is 109 Å². The number of nitrogens with zero attached hydrogens (tertiary/aromatic N) is 3. The van der Waals surface area contributed by atoms with Crippen LogP contribution in [-0.4, -0.2) is 48.7 Å². The van der Waals surface area contributed by atoms with Crippen molar-refractivity contribution >= 4 is 5.69 Å². The Hall–Kier alpha value is -1.07. The van der Waals surface area contributed by atoms with Crippen LogP contribution in [-0.2, 0) is 11.3 Å². The molecule has 0 amide bonds. The number of hydrogen-bond acceptors (Lipinski definition) is 4. The molecular formula is C13H24N4O. The fourth-order valence-electron chi connectivity index (χ4n) is 2.35. The highest BCUT2D eigenvalue weighted by atomic mass is 16.5. The predicted octanol–water partition coefficient (Wildman–Crippen LogP) is 1.11. The van der Waals surface area contributed by atoms with E-state index in [9.17, 15) is 0 Å². The summed E-state index contributed by atoms with van der Waals surface area (Å²) in [6.45, 7) is 9.21. The summed E-state index contributed by atoms with van der Waals surface area (Å²) in [5, 5.41) is 7.95. The highest BCUT2D eigenvalue weighted by molar-refractivity contribution is 5.43. The number of ether oxygens (including phenoxy) is 1. The van der Waals surface area contributed by atoms with Crippen molar-refractivity contribution in [3.63, 3.8) is 0 Å². The van der Waals surface area contributed by atoms with Crippen LogP contribution in [0.2, 0.25) is 0 Å². The molecule has 18 heavy (non-hydrogen) atoms. The summed E-state index contributed by atoms with van der Waals surface area (Å²) in [6.07, 6.45) is 5.24. The number of rotatable bonds is 4. The molecule has 1 aromatic heterocycles. The van der Waals surface area contributed by atoms with Crippen molar-refractivity contribution in [2.24, 2.45) is 0 Å². The second kappa shape index (κ2) is 5.71. The molecule has 0 aliphatic carbocycles. The van der Waals surface area contributed by atoms with E-state index >= 15 is 0 Å². The summed E-state index contributed by atoms with van der Waals surface area (Å²) in [6, 6.07) is 0. The Morgan fingerprint density at radius 3 is 3.11 bits per heavy atom. The Balaban J connectivity index is 2.03. The first-order chi connectivity index (χ1) is 8.61. The normalized spacial score (nSPS) is 19.8. The molecule has 5 heteroatoms. The maximum Gasteiger partial charge on any atom is 0.0753 e. The van der Waals surface area contributed by atoms with Crippen molar-refractivity contribution < 1.29 is 4.74 Å². The van der Waals surface area contributed by atoms with Gasteiger partial charge in [0.05, 0.1) is 25.0 Å². The molecule has 102 valence electrons. The highest BCUT2D eigenvalue weighted by Crippen LogP contribution is 2.19. The molecule has 2 rings (SSSR count). The van der Waals surface area contributed by atoms with Crippen molar-refractivity contribution in [1.82, 2.24) is 15.1 Å². The van der Waals surface area contributed by atoms with Gasteiger partial charge in [-0.1, -0.05) is 0 Å². The summed E-state index contributed by atoms with van der Waals surface area (Å²) >= 11 is 0. The van der Waals surface area contributed by atoms with E-state index < -0.39 is 0 Å². The zero-order valence-electron chi connectivity index (χ0n) is 11.6. The Kier molecular flexibility index (Phi) is 4.24. The van der Waals surface area contributed by atoms with Crippen molar-refractivity contribution in [3.8, 4) is 0 Å². The van der Waals surface area contributed by atoms with Crippen LogP contribution < -0.4 is 10.2 Å². The van der Waals surface area contributed by atoms with E-state index in [0.717, 1.165) is 26.2 Å². The Morgan fingerprint density at radius 2 is 2.33 bits per heavy atom. The maximum absolute atomic E-state index is 5.07. The van der Waals surface area contributed by atoms with Gasteiger partial charge in [-0.15, -0.1) is 0 Å². The second-order valence-electron chi connectivity index (χ2n) is 5.54. The largest absolute Gasteiger partial charge is 0.383 e. The fourth-order valence-corrected chi connectivity index (χ4v) is 2.35. The van der Waals surface area contributed by atoms with Crippen molar-refractivity contribution in [3.05, 3.63) is 12.4 Å². The molecule has 0 bridgehead atoms. The minimum Gasteiger partial charge on any atom is -0.383 e. The topological polar surface area (TPSA) is 42.3 Å². The number of anilines is 1. The van der Waals surface area contributed by atoms with Crippen LogP contribution in [0.5, 0.6) is 0 Å². The van der Waals surface area contributed by atoms with Crippen LogP contribution in [0.25, 0.3) is 0 Å². The molecule has 1 aliphatic heterocycles. The predicted molar refractivity (Wildman–Crippen MR) is 73.0 cm³/mol. The van der Waals surface area contributed by atoms with Crippen LogP contribution in [0, 0.1) is 0 Å². The zero-order chi connectivity index (χ0) is 13.0. The molecule has 1 aliphatic rings. The van der Waals surface area contributed by atoms with Gasteiger partial charge in [0, 0.05) is 31.9 Å². The van der Waals surface area contributed by atoms with Gasteiger partial charge in [-0.2, -0.15) is 5.10 Å². The lowest BCUT2D eigenvalue weighted by Gasteiger charge is -2.30. The van der Waals surface area contributed by atoms with Gasteiger partial charge in [-0.3, -0.25) is 4.68 Å². The first kappa shape index (κ1) is 13.4. The van der Waals surface area contributed by atoms with E-state index in [4.69, 9.17) is 4.74 Å². The van der Waals surface area contributed by atoms with E-state index in [1.54, 1.807) is 7.11 Å². The van der Waals surface area contributed by atoms with Gasteiger partial charge >= 0.3 is 0 Å². The molecule has 0 spiro atoms. The second-order valence-corrected chi connectivity index (χ2v) is 5.54. The van der Waals surface area contributed by atoms with Gasteiger partial charge in [-0.25, -0.2) is 0 Å². The lowest BCUT2D eigenvalue weighted by Crippen LogP contribution is -2.46. The summed E-state index contributed by atoms with van der Waals surface area (Å²) in [5.74, 6) is 0. The SMILES string of the molecule is COCCn1cc(N2CCCNC(C)(C)C2)cn1. The third-order valence-corrected chi connectivity index (χ3v) is 3.30. The molecule has 0 aromatic carbocycles. The van der Waals surface area contributed by atoms with Gasteiger partial charge in [0.1, 0.15) is 0 Å². The lowest BCUT2D eigenvalue weighted by molar-refractivity contribution is 0.183. The monoisotopic (exact) mass is 252 g/mol. The van der Waals surface area contributed by atoms with Gasteiger partial charge in [-0.05, 0) is 26.8 Å². The quantitative estimate of drug-likeness (QED) is 0.871. The van der Waals surface area contributed by atoms with E-state index in [1.165, 1.54) is 12.1 Å². The summed E-state index contributed by atoms with van der Waals surface area (Å²) in [4.78, 5) is 2.41. The molecule has 5 nitrogen and oxygen atoms in total. The summed E-state index contributed by atoms with van der Waals surface area (Å²) < 4.78 is 7.02. The molecule has 0 saturated carbocycles. The molecule has 1 fully saturated rings. The molecular weight excluding hydrogens is 228 g/mol. The molecule has 1 N–H and O–H groups in total. The first-order valence-electron chi connectivity index (χ1n) is 6.62. The third kappa shape index (κ3) is 3.46. The standard InChI is InChI=1S/C13H24N4O/c1-13(2)11-16(6-4-5-14-13)12-9-15-17(10-12)7-8-18-3/h9-10,14H,4-8,11H2,1-3H3. The van der Waals surface area contributed by atoms with E-state index in [0.29, 0.717) is 6.61 Å². The number of nitrogens with one attached hydrogen (secondary N) is 1. The van der Waals surface area contributed by atoms with Gasteiger partial charge in [0.25, 0.3) is 0 Å². The van der Waals surface area contributed by atoms with E-state index in [-0.39, 0.29) is 5.54 Å². The van der Waals surface area contributed by atoms with Gasteiger partial charge in [0.2, 0.25) is 0 Å². The molecule has 0 radical (unpaired) electrons. The van der Waals surface area contributed by atoms with E-state index in [1.807, 2.05) is 10.9 Å². The average Bonchev–Trinajstić information content (AvgIpc) is 2.71. The van der Waals surface area contributed by atoms with Crippen molar-refractivity contribution in [1.29, 1.82) is 0 Å². The molecule has 0 unspecified atom stereocenters. The molecule has 1 saturated heterocycles. The minimum atomic E-state index is 0.158. The highest BCUT2D eigenvalue weighted by Gasteiger charge is 2.24. The Bertz CT molecular complexity index is 375. The zero-order valence-corrected chi connectivity index (χ0v) is 11.6. The fraction of sp³-hybridized carbons (Fsp3) is 0.769. The molecule has 0 atom stereocenters. The van der Waals surface area contributed by atoms with Crippen LogP contribution >= 0.6 is 0 Å². The first-order valence-corrected chi connectivity index (χ1v) is 6.62. The van der Waals surface area contributed by atoms with E-state index in [2.05, 4.69) is 35.4 Å². The van der Waals surface area contributed by atoms with Crippen LogP contribution in [0.4, 0.5) is 5.69 Å². The smallest absolute Gasteiger partial charge is 0.0753 e. The van der Waals surface area contributed by atoms with Crippen LogP contribution in [0.3, 0.4) is 0 Å². The van der Waals surface area contributed by atoms with Gasteiger partial charge < -0.3 is 15.0 Å². The van der Waals surface area contributed by atoms with Crippen molar-refractivity contribution in [2.75, 3.05) is 38.3 Å². The Morgan fingerprint density at radius 1 is 1.50 bits per heavy atom. The summed E-state index contributed by atoms with van der Waals surface area (Å²) in [5.41, 5.74) is 1.37. The number of methoxy groups -OCH3 is 1. The minimum absolute atomic E-state index is 0.158. The number of aromatic nitrogens is 2.